The Morgan fingerprint density at radius 1 is 1.24 bits per heavy atom. The van der Waals surface area contributed by atoms with Gasteiger partial charge in [0.1, 0.15) is 10.9 Å². The highest BCUT2D eigenvalue weighted by molar-refractivity contribution is 14.1. The van der Waals surface area contributed by atoms with Gasteiger partial charge in [-0.05, 0) is 53.3 Å². The standard InChI is InChI=1S/C14H12ClF2IN2O/c1-2-3-10-11(18)12(15)20-13(19-10)8-4-6-9(7-5-8)21-14(16)17/h4-7,14H,2-3H2,1H3. The molecular formula is C14H12ClF2IN2O. The highest BCUT2D eigenvalue weighted by Crippen LogP contribution is 2.26. The molecule has 7 heteroatoms. The van der Waals surface area contributed by atoms with Gasteiger partial charge >= 0.3 is 6.61 Å². The number of ether oxygens (including phenoxy) is 1. The molecule has 0 N–H and O–H groups in total. The van der Waals surface area contributed by atoms with Gasteiger partial charge in [-0.3, -0.25) is 0 Å². The molecule has 1 heterocycles. The molecule has 0 amide bonds. The van der Waals surface area contributed by atoms with Crippen molar-refractivity contribution >= 4 is 34.2 Å². The average Bonchev–Trinajstić information content (AvgIpc) is 2.44. The van der Waals surface area contributed by atoms with Crippen molar-refractivity contribution in [1.29, 1.82) is 0 Å². The van der Waals surface area contributed by atoms with Crippen molar-refractivity contribution in [2.75, 3.05) is 0 Å². The molecule has 0 saturated heterocycles. The summed E-state index contributed by atoms with van der Waals surface area (Å²) in [6.45, 7) is -0.779. The highest BCUT2D eigenvalue weighted by Gasteiger charge is 2.12. The second-order valence-electron chi connectivity index (χ2n) is 4.25. The molecule has 3 nitrogen and oxygen atoms in total. The summed E-state index contributed by atoms with van der Waals surface area (Å²) in [5.74, 6) is 0.576. The Morgan fingerprint density at radius 2 is 1.90 bits per heavy atom. The number of aromatic nitrogens is 2. The Hall–Kier alpha value is -1.02. The largest absolute Gasteiger partial charge is 0.435 e. The summed E-state index contributed by atoms with van der Waals surface area (Å²) in [5, 5.41) is 0.400. The quantitative estimate of drug-likeness (QED) is 0.503. The van der Waals surface area contributed by atoms with Crippen molar-refractivity contribution in [3.8, 4) is 17.1 Å². The van der Waals surface area contributed by atoms with Crippen molar-refractivity contribution in [3.63, 3.8) is 0 Å². The highest BCUT2D eigenvalue weighted by atomic mass is 127. The van der Waals surface area contributed by atoms with E-state index in [-0.39, 0.29) is 5.75 Å². The predicted molar refractivity (Wildman–Crippen MR) is 85.8 cm³/mol. The Labute approximate surface area is 139 Å². The van der Waals surface area contributed by atoms with Crippen LogP contribution in [0.25, 0.3) is 11.4 Å². The van der Waals surface area contributed by atoms with E-state index in [1.165, 1.54) is 12.1 Å². The number of rotatable bonds is 5. The first-order valence-electron chi connectivity index (χ1n) is 6.28. The summed E-state index contributed by atoms with van der Waals surface area (Å²) in [5.41, 5.74) is 1.59. The van der Waals surface area contributed by atoms with Gasteiger partial charge in [0.15, 0.2) is 5.82 Å². The number of benzene rings is 1. The first-order valence-corrected chi connectivity index (χ1v) is 7.74. The zero-order valence-corrected chi connectivity index (χ0v) is 14.0. The van der Waals surface area contributed by atoms with Gasteiger partial charge in [-0.25, -0.2) is 9.97 Å². The molecular weight excluding hydrogens is 413 g/mol. The lowest BCUT2D eigenvalue weighted by Crippen LogP contribution is -2.02. The molecule has 0 unspecified atom stereocenters. The van der Waals surface area contributed by atoms with E-state index >= 15 is 0 Å². The van der Waals surface area contributed by atoms with Gasteiger partial charge < -0.3 is 4.74 Å². The molecule has 2 rings (SSSR count). The van der Waals surface area contributed by atoms with Gasteiger partial charge in [-0.1, -0.05) is 24.9 Å². The van der Waals surface area contributed by atoms with E-state index in [0.29, 0.717) is 16.5 Å². The maximum absolute atomic E-state index is 12.1. The summed E-state index contributed by atoms with van der Waals surface area (Å²) >= 11 is 8.24. The maximum atomic E-state index is 12.1. The van der Waals surface area contributed by atoms with Crippen molar-refractivity contribution in [2.45, 2.75) is 26.4 Å². The van der Waals surface area contributed by atoms with Crippen LogP contribution < -0.4 is 4.74 Å². The van der Waals surface area contributed by atoms with Crippen LogP contribution in [-0.4, -0.2) is 16.6 Å². The molecule has 2 aromatic rings. The molecule has 0 radical (unpaired) electrons. The second kappa shape index (κ2) is 7.31. The van der Waals surface area contributed by atoms with Gasteiger partial charge in [0.2, 0.25) is 0 Å². The number of halogens is 4. The SMILES string of the molecule is CCCc1nc(-c2ccc(OC(F)F)cc2)nc(Cl)c1I. The van der Waals surface area contributed by atoms with Crippen LogP contribution in [-0.2, 0) is 6.42 Å². The molecule has 0 fully saturated rings. The molecule has 1 aromatic heterocycles. The van der Waals surface area contributed by atoms with Crippen LogP contribution in [0, 0.1) is 3.57 Å². The van der Waals surface area contributed by atoms with Crippen LogP contribution in [0.15, 0.2) is 24.3 Å². The topological polar surface area (TPSA) is 35.0 Å². The number of nitrogens with zero attached hydrogens (tertiary/aromatic N) is 2. The van der Waals surface area contributed by atoms with E-state index in [0.717, 1.165) is 22.1 Å². The van der Waals surface area contributed by atoms with E-state index in [1.54, 1.807) is 12.1 Å². The fourth-order valence-electron chi connectivity index (χ4n) is 1.78. The van der Waals surface area contributed by atoms with Gasteiger partial charge in [0.25, 0.3) is 0 Å². The van der Waals surface area contributed by atoms with Crippen LogP contribution in [0.5, 0.6) is 5.75 Å². The molecule has 1 aromatic carbocycles. The first kappa shape index (κ1) is 16.4. The monoisotopic (exact) mass is 424 g/mol. The van der Waals surface area contributed by atoms with Crippen molar-refractivity contribution in [3.05, 3.63) is 38.7 Å². The van der Waals surface area contributed by atoms with Gasteiger partial charge in [0, 0.05) is 5.56 Å². The number of alkyl halides is 2. The maximum Gasteiger partial charge on any atom is 0.387 e. The van der Waals surface area contributed by atoms with Crippen LogP contribution in [0.3, 0.4) is 0 Å². The summed E-state index contributed by atoms with van der Waals surface area (Å²) in [7, 11) is 0. The molecule has 0 spiro atoms. The van der Waals surface area contributed by atoms with Crippen molar-refractivity contribution < 1.29 is 13.5 Å². The lowest BCUT2D eigenvalue weighted by molar-refractivity contribution is -0.0498. The van der Waals surface area contributed by atoms with Crippen molar-refractivity contribution in [1.82, 2.24) is 9.97 Å². The zero-order valence-electron chi connectivity index (χ0n) is 11.1. The summed E-state index contributed by atoms with van der Waals surface area (Å²) in [4.78, 5) is 8.73. The summed E-state index contributed by atoms with van der Waals surface area (Å²) < 4.78 is 29.4. The molecule has 112 valence electrons. The molecule has 0 atom stereocenters. The van der Waals surface area contributed by atoms with E-state index in [4.69, 9.17) is 11.6 Å². The van der Waals surface area contributed by atoms with Gasteiger partial charge in [-0.2, -0.15) is 8.78 Å². The Balaban J connectivity index is 2.33. The summed E-state index contributed by atoms with van der Waals surface area (Å²) in [6, 6.07) is 6.17. The minimum atomic E-state index is -2.84. The number of hydrogen-bond donors (Lipinski definition) is 0. The number of hydrogen-bond acceptors (Lipinski definition) is 3. The molecule has 21 heavy (non-hydrogen) atoms. The fourth-order valence-corrected chi connectivity index (χ4v) is 2.48. The molecule has 0 aliphatic heterocycles. The van der Waals surface area contributed by atoms with E-state index in [1.807, 2.05) is 0 Å². The third-order valence-corrected chi connectivity index (χ3v) is 4.43. The van der Waals surface area contributed by atoms with Crippen LogP contribution in [0.1, 0.15) is 19.0 Å². The van der Waals surface area contributed by atoms with E-state index in [2.05, 4.69) is 44.2 Å². The third-order valence-electron chi connectivity index (χ3n) is 2.70. The van der Waals surface area contributed by atoms with E-state index in [9.17, 15) is 8.78 Å². The average molecular weight is 425 g/mol. The zero-order chi connectivity index (χ0) is 15.4. The van der Waals surface area contributed by atoms with Crippen LogP contribution in [0.2, 0.25) is 5.15 Å². The van der Waals surface area contributed by atoms with Gasteiger partial charge in [-0.15, -0.1) is 0 Å². The van der Waals surface area contributed by atoms with Crippen LogP contribution >= 0.6 is 34.2 Å². The fraction of sp³-hybridized carbons (Fsp3) is 0.286. The molecule has 0 aliphatic carbocycles. The molecule has 0 aliphatic rings. The second-order valence-corrected chi connectivity index (χ2v) is 5.69. The Kier molecular flexibility index (Phi) is 5.69. The van der Waals surface area contributed by atoms with E-state index < -0.39 is 6.61 Å². The smallest absolute Gasteiger partial charge is 0.387 e. The Bertz CT molecular complexity index is 623. The van der Waals surface area contributed by atoms with Gasteiger partial charge in [0.05, 0.1) is 9.26 Å². The predicted octanol–water partition coefficient (Wildman–Crippen LogP) is 4.96. The van der Waals surface area contributed by atoms with Crippen molar-refractivity contribution in [2.24, 2.45) is 0 Å². The lowest BCUT2D eigenvalue weighted by Gasteiger charge is -2.08. The summed E-state index contributed by atoms with van der Waals surface area (Å²) in [6.07, 6.45) is 1.75. The molecule has 0 saturated carbocycles. The first-order chi connectivity index (χ1) is 10.0. The minimum Gasteiger partial charge on any atom is -0.435 e. The normalized spacial score (nSPS) is 11.0. The minimum absolute atomic E-state index is 0.0964. The number of aryl methyl sites for hydroxylation is 1. The lowest BCUT2D eigenvalue weighted by atomic mass is 10.2. The van der Waals surface area contributed by atoms with Crippen LogP contribution in [0.4, 0.5) is 8.78 Å². The Morgan fingerprint density at radius 3 is 2.48 bits per heavy atom. The third kappa shape index (κ3) is 4.23. The molecule has 0 bridgehead atoms.